The first-order valence-corrected chi connectivity index (χ1v) is 5.99. The summed E-state index contributed by atoms with van der Waals surface area (Å²) in [5.74, 6) is 0.558. The molecule has 1 unspecified atom stereocenters. The molecule has 2 aliphatic heterocycles. The zero-order valence-electron chi connectivity index (χ0n) is 10.1. The summed E-state index contributed by atoms with van der Waals surface area (Å²) in [4.78, 5) is 23.1. The van der Waals surface area contributed by atoms with Gasteiger partial charge in [0.25, 0.3) is 5.91 Å². The number of aryl methyl sites for hydroxylation is 1. The number of hydrogen-bond acceptors (Lipinski definition) is 3. The maximum atomic E-state index is 11.8. The number of ether oxygens (including phenoxy) is 1. The molecule has 2 N–H and O–H groups in total. The van der Waals surface area contributed by atoms with Crippen LogP contribution < -0.4 is 15.4 Å². The highest BCUT2D eigenvalue weighted by molar-refractivity contribution is 6.07. The lowest BCUT2D eigenvalue weighted by Crippen LogP contribution is -2.40. The van der Waals surface area contributed by atoms with Gasteiger partial charge in [0.1, 0.15) is 11.3 Å². The van der Waals surface area contributed by atoms with Crippen molar-refractivity contribution in [2.45, 2.75) is 25.3 Å². The van der Waals surface area contributed by atoms with Crippen LogP contribution in [0, 0.1) is 0 Å². The van der Waals surface area contributed by atoms with Crippen LogP contribution in [0.25, 0.3) is 0 Å². The van der Waals surface area contributed by atoms with Crippen molar-refractivity contribution in [1.82, 2.24) is 10.6 Å². The van der Waals surface area contributed by atoms with Crippen LogP contribution in [0.3, 0.4) is 0 Å². The highest BCUT2D eigenvalue weighted by Crippen LogP contribution is 2.31. The Balaban J connectivity index is 2.02. The summed E-state index contributed by atoms with van der Waals surface area (Å²) >= 11 is 0. The van der Waals surface area contributed by atoms with Crippen LogP contribution in [0.15, 0.2) is 18.2 Å². The highest BCUT2D eigenvalue weighted by atomic mass is 16.5. The molecule has 1 saturated heterocycles. The molecule has 3 amide bonds. The molecule has 1 atom stereocenters. The molecule has 2 aliphatic rings. The van der Waals surface area contributed by atoms with E-state index in [1.165, 1.54) is 0 Å². The topological polar surface area (TPSA) is 67.4 Å². The Bertz CT molecular complexity index is 541. The van der Waals surface area contributed by atoms with Crippen molar-refractivity contribution < 1.29 is 14.3 Å². The summed E-state index contributed by atoms with van der Waals surface area (Å²) in [6.07, 6.45) is 1.92. The van der Waals surface area contributed by atoms with Crippen LogP contribution in [0.1, 0.15) is 24.5 Å². The second kappa shape index (κ2) is 3.73. The van der Waals surface area contributed by atoms with Crippen molar-refractivity contribution in [3.05, 3.63) is 29.3 Å². The molecule has 5 heteroatoms. The largest absolute Gasteiger partial charge is 0.493 e. The molecule has 1 aromatic carbocycles. The number of fused-ring (bicyclic) bond motifs is 1. The molecule has 0 aromatic heterocycles. The summed E-state index contributed by atoms with van der Waals surface area (Å²) in [5.41, 5.74) is 0.896. The van der Waals surface area contributed by atoms with Crippen molar-refractivity contribution in [1.29, 1.82) is 0 Å². The van der Waals surface area contributed by atoms with Crippen LogP contribution in [-0.2, 0) is 16.8 Å². The van der Waals surface area contributed by atoms with Crippen LogP contribution in [0.2, 0.25) is 0 Å². The molecule has 2 heterocycles. The SMILES string of the molecule is CC1(c2ccc3c(c2)CCCO3)NC(=O)NC1=O. The predicted octanol–water partition coefficient (Wildman–Crippen LogP) is 1.07. The first kappa shape index (κ1) is 11.1. The molecular formula is C13H14N2O3. The number of imide groups is 1. The van der Waals surface area contributed by atoms with Crippen molar-refractivity contribution in [3.8, 4) is 5.75 Å². The Morgan fingerprint density at radius 1 is 1.33 bits per heavy atom. The molecule has 0 saturated carbocycles. The summed E-state index contributed by atoms with van der Waals surface area (Å²) in [6, 6.07) is 5.19. The van der Waals surface area contributed by atoms with E-state index in [4.69, 9.17) is 4.74 Å². The quantitative estimate of drug-likeness (QED) is 0.728. The Morgan fingerprint density at radius 2 is 2.17 bits per heavy atom. The van der Waals surface area contributed by atoms with Gasteiger partial charge in [-0.3, -0.25) is 10.1 Å². The van der Waals surface area contributed by atoms with Gasteiger partial charge < -0.3 is 10.1 Å². The van der Waals surface area contributed by atoms with Gasteiger partial charge in [-0.2, -0.15) is 0 Å². The molecule has 5 nitrogen and oxygen atoms in total. The van der Waals surface area contributed by atoms with Gasteiger partial charge in [-0.15, -0.1) is 0 Å². The van der Waals surface area contributed by atoms with Gasteiger partial charge in [-0.25, -0.2) is 4.79 Å². The van der Waals surface area contributed by atoms with E-state index < -0.39 is 11.6 Å². The van der Waals surface area contributed by atoms with Crippen LogP contribution in [0.4, 0.5) is 4.79 Å². The third-order valence-corrected chi connectivity index (χ3v) is 3.53. The van der Waals surface area contributed by atoms with Gasteiger partial charge in [-0.05, 0) is 43.0 Å². The van der Waals surface area contributed by atoms with Crippen molar-refractivity contribution in [2.24, 2.45) is 0 Å². The monoisotopic (exact) mass is 246 g/mol. The number of amides is 3. The Hall–Kier alpha value is -2.04. The van der Waals surface area contributed by atoms with E-state index >= 15 is 0 Å². The minimum Gasteiger partial charge on any atom is -0.493 e. The van der Waals surface area contributed by atoms with Gasteiger partial charge in [0.05, 0.1) is 6.61 Å². The van der Waals surface area contributed by atoms with E-state index in [-0.39, 0.29) is 5.91 Å². The first-order chi connectivity index (χ1) is 8.59. The highest BCUT2D eigenvalue weighted by Gasteiger charge is 2.43. The normalized spacial score (nSPS) is 26.1. The van der Waals surface area contributed by atoms with Crippen LogP contribution in [0.5, 0.6) is 5.75 Å². The van der Waals surface area contributed by atoms with Gasteiger partial charge in [0.2, 0.25) is 0 Å². The van der Waals surface area contributed by atoms with E-state index in [0.29, 0.717) is 0 Å². The smallest absolute Gasteiger partial charge is 0.322 e. The van der Waals surface area contributed by atoms with E-state index in [9.17, 15) is 9.59 Å². The fraction of sp³-hybridized carbons (Fsp3) is 0.385. The Labute approximate surface area is 105 Å². The number of carbonyl (C=O) groups is 2. The van der Waals surface area contributed by atoms with Gasteiger partial charge in [-0.1, -0.05) is 6.07 Å². The van der Waals surface area contributed by atoms with E-state index in [0.717, 1.165) is 36.3 Å². The van der Waals surface area contributed by atoms with E-state index in [1.807, 2.05) is 18.2 Å². The number of hydrogen-bond donors (Lipinski definition) is 2. The number of nitrogens with one attached hydrogen (secondary N) is 2. The number of rotatable bonds is 1. The number of carbonyl (C=O) groups excluding carboxylic acids is 2. The molecule has 1 aromatic rings. The van der Waals surface area contributed by atoms with Crippen molar-refractivity contribution >= 4 is 11.9 Å². The summed E-state index contributed by atoms with van der Waals surface area (Å²) in [5, 5.41) is 4.93. The third-order valence-electron chi connectivity index (χ3n) is 3.53. The Morgan fingerprint density at radius 3 is 2.89 bits per heavy atom. The molecule has 0 aliphatic carbocycles. The van der Waals surface area contributed by atoms with Crippen molar-refractivity contribution in [3.63, 3.8) is 0 Å². The fourth-order valence-corrected chi connectivity index (χ4v) is 2.42. The zero-order valence-corrected chi connectivity index (χ0v) is 10.1. The summed E-state index contributed by atoms with van der Waals surface area (Å²) in [6.45, 7) is 2.44. The van der Waals surface area contributed by atoms with Gasteiger partial charge in [0, 0.05) is 0 Å². The lowest BCUT2D eigenvalue weighted by atomic mass is 9.89. The number of urea groups is 1. The second-order valence-electron chi connectivity index (χ2n) is 4.81. The lowest BCUT2D eigenvalue weighted by molar-refractivity contribution is -0.123. The van der Waals surface area contributed by atoms with Crippen LogP contribution in [-0.4, -0.2) is 18.5 Å². The molecule has 18 heavy (non-hydrogen) atoms. The summed E-state index contributed by atoms with van der Waals surface area (Å²) < 4.78 is 5.53. The average Bonchev–Trinajstić information content (AvgIpc) is 2.63. The number of benzene rings is 1. The molecule has 3 rings (SSSR count). The molecule has 0 radical (unpaired) electrons. The molecular weight excluding hydrogens is 232 g/mol. The fourth-order valence-electron chi connectivity index (χ4n) is 2.42. The maximum Gasteiger partial charge on any atom is 0.322 e. The minimum absolute atomic E-state index is 0.316. The van der Waals surface area contributed by atoms with E-state index in [2.05, 4.69) is 10.6 Å². The van der Waals surface area contributed by atoms with E-state index in [1.54, 1.807) is 6.92 Å². The second-order valence-corrected chi connectivity index (χ2v) is 4.81. The van der Waals surface area contributed by atoms with Crippen molar-refractivity contribution in [2.75, 3.05) is 6.61 Å². The van der Waals surface area contributed by atoms with Crippen LogP contribution >= 0.6 is 0 Å². The summed E-state index contributed by atoms with van der Waals surface area (Å²) in [7, 11) is 0. The van der Waals surface area contributed by atoms with Gasteiger partial charge >= 0.3 is 6.03 Å². The van der Waals surface area contributed by atoms with Gasteiger partial charge in [0.15, 0.2) is 0 Å². The first-order valence-electron chi connectivity index (χ1n) is 5.99. The minimum atomic E-state index is -0.983. The predicted molar refractivity (Wildman–Crippen MR) is 64.3 cm³/mol. The molecule has 0 bridgehead atoms. The molecule has 94 valence electrons. The molecule has 1 fully saturated rings. The average molecular weight is 246 g/mol. The third kappa shape index (κ3) is 1.54. The lowest BCUT2D eigenvalue weighted by Gasteiger charge is -2.24. The maximum absolute atomic E-state index is 11.8. The zero-order chi connectivity index (χ0) is 12.8. The Kier molecular flexibility index (Phi) is 2.29. The standard InChI is InChI=1S/C13H14N2O3/c1-13(11(16)14-12(17)15-13)9-4-5-10-8(7-9)3-2-6-18-10/h4-5,7H,2-3,6H2,1H3,(H2,14,15,16,17). The molecule has 0 spiro atoms.